The van der Waals surface area contributed by atoms with Crippen LogP contribution in [0.5, 0.6) is 0 Å². The van der Waals surface area contributed by atoms with E-state index in [1.165, 1.54) is 0 Å². The summed E-state index contributed by atoms with van der Waals surface area (Å²) in [4.78, 5) is 0. The Labute approximate surface area is 111 Å². The van der Waals surface area contributed by atoms with Gasteiger partial charge in [0.15, 0.2) is 0 Å². The second-order valence-corrected chi connectivity index (χ2v) is 4.84. The van der Waals surface area contributed by atoms with Crippen LogP contribution in [-0.2, 0) is 14.1 Å². The highest BCUT2D eigenvalue weighted by Crippen LogP contribution is 2.25. The van der Waals surface area contributed by atoms with Crippen LogP contribution in [0.2, 0.25) is 0 Å². The van der Waals surface area contributed by atoms with Crippen LogP contribution in [0.1, 0.15) is 11.4 Å². The SMILES string of the molecule is Cc1nn(C)c(C)c1Nc1ccc2cnn(C)c2c1. The summed E-state index contributed by atoms with van der Waals surface area (Å²) in [7, 11) is 3.91. The van der Waals surface area contributed by atoms with Crippen molar-refractivity contribution in [2.75, 3.05) is 5.32 Å². The van der Waals surface area contributed by atoms with Crippen LogP contribution >= 0.6 is 0 Å². The van der Waals surface area contributed by atoms with Gasteiger partial charge in [-0.3, -0.25) is 9.36 Å². The van der Waals surface area contributed by atoms with Gasteiger partial charge in [0.2, 0.25) is 0 Å². The van der Waals surface area contributed by atoms with E-state index in [0.717, 1.165) is 33.7 Å². The first-order chi connectivity index (χ1) is 9.06. The summed E-state index contributed by atoms with van der Waals surface area (Å²) < 4.78 is 3.77. The molecule has 5 nitrogen and oxygen atoms in total. The van der Waals surface area contributed by atoms with E-state index < -0.39 is 0 Å². The first-order valence-corrected chi connectivity index (χ1v) is 6.25. The molecule has 0 bridgehead atoms. The van der Waals surface area contributed by atoms with E-state index in [0.29, 0.717) is 0 Å². The Balaban J connectivity index is 2.03. The van der Waals surface area contributed by atoms with E-state index in [9.17, 15) is 0 Å². The Kier molecular flexibility index (Phi) is 2.55. The van der Waals surface area contributed by atoms with Gasteiger partial charge in [-0.1, -0.05) is 0 Å². The Morgan fingerprint density at radius 2 is 1.89 bits per heavy atom. The minimum absolute atomic E-state index is 1.00. The second-order valence-electron chi connectivity index (χ2n) is 4.84. The molecule has 0 fully saturated rings. The number of anilines is 2. The third-order valence-electron chi connectivity index (χ3n) is 3.53. The zero-order valence-corrected chi connectivity index (χ0v) is 11.6. The van der Waals surface area contributed by atoms with Gasteiger partial charge in [-0.15, -0.1) is 0 Å². The first-order valence-electron chi connectivity index (χ1n) is 6.25. The first kappa shape index (κ1) is 11.8. The van der Waals surface area contributed by atoms with Gasteiger partial charge in [0.05, 0.1) is 28.8 Å². The van der Waals surface area contributed by atoms with E-state index in [4.69, 9.17) is 0 Å². The van der Waals surface area contributed by atoms with Crippen molar-refractivity contribution in [3.8, 4) is 0 Å². The van der Waals surface area contributed by atoms with Gasteiger partial charge < -0.3 is 5.32 Å². The molecule has 0 radical (unpaired) electrons. The summed E-state index contributed by atoms with van der Waals surface area (Å²) in [6, 6.07) is 6.25. The van der Waals surface area contributed by atoms with E-state index in [1.807, 2.05) is 36.6 Å². The third-order valence-corrected chi connectivity index (χ3v) is 3.53. The molecule has 3 rings (SSSR count). The standard InChI is InChI=1S/C14H17N5/c1-9-14(10(2)18(3)17-9)16-12-6-5-11-8-15-19(4)13(11)7-12/h5-8,16H,1-4H3. The number of hydrogen-bond acceptors (Lipinski definition) is 3. The minimum Gasteiger partial charge on any atom is -0.352 e. The van der Waals surface area contributed by atoms with Crippen LogP contribution in [0.4, 0.5) is 11.4 Å². The lowest BCUT2D eigenvalue weighted by Crippen LogP contribution is -1.96. The van der Waals surface area contributed by atoms with Crippen LogP contribution < -0.4 is 5.32 Å². The van der Waals surface area contributed by atoms with Gasteiger partial charge in [0, 0.05) is 25.2 Å². The molecule has 2 aromatic heterocycles. The summed E-state index contributed by atoms with van der Waals surface area (Å²) in [5.74, 6) is 0. The van der Waals surface area contributed by atoms with Crippen LogP contribution in [0.3, 0.4) is 0 Å². The lowest BCUT2D eigenvalue weighted by Gasteiger charge is -2.07. The van der Waals surface area contributed by atoms with Gasteiger partial charge in [-0.25, -0.2) is 0 Å². The Bertz CT molecular complexity index is 751. The van der Waals surface area contributed by atoms with Crippen LogP contribution in [-0.4, -0.2) is 19.6 Å². The summed E-state index contributed by atoms with van der Waals surface area (Å²) in [5.41, 5.74) is 5.37. The predicted molar refractivity (Wildman–Crippen MR) is 76.7 cm³/mol. The number of aryl methyl sites for hydroxylation is 3. The highest BCUT2D eigenvalue weighted by molar-refractivity contribution is 5.83. The molecule has 0 spiro atoms. The summed E-state index contributed by atoms with van der Waals surface area (Å²) >= 11 is 0. The summed E-state index contributed by atoms with van der Waals surface area (Å²) in [5, 5.41) is 13.3. The fourth-order valence-corrected chi connectivity index (χ4v) is 2.32. The maximum absolute atomic E-state index is 4.41. The number of nitrogens with zero attached hydrogens (tertiary/aromatic N) is 4. The fraction of sp³-hybridized carbons (Fsp3) is 0.286. The Morgan fingerprint density at radius 1 is 1.11 bits per heavy atom. The number of fused-ring (bicyclic) bond motifs is 1. The molecule has 0 saturated carbocycles. The smallest absolute Gasteiger partial charge is 0.0831 e. The molecule has 19 heavy (non-hydrogen) atoms. The molecule has 0 aliphatic rings. The number of aromatic nitrogens is 4. The quantitative estimate of drug-likeness (QED) is 0.766. The molecule has 1 aromatic carbocycles. The van der Waals surface area contributed by atoms with Gasteiger partial charge in [-0.05, 0) is 32.0 Å². The number of rotatable bonds is 2. The maximum Gasteiger partial charge on any atom is 0.0831 e. The Hall–Kier alpha value is -2.30. The van der Waals surface area contributed by atoms with Gasteiger partial charge in [-0.2, -0.15) is 10.2 Å². The highest BCUT2D eigenvalue weighted by atomic mass is 15.3. The molecule has 0 amide bonds. The molecule has 3 aromatic rings. The molecule has 2 heterocycles. The monoisotopic (exact) mass is 255 g/mol. The van der Waals surface area contributed by atoms with Gasteiger partial charge in [0.1, 0.15) is 0 Å². The second kappa shape index (κ2) is 4.12. The number of nitrogens with one attached hydrogen (secondary N) is 1. The molecule has 5 heteroatoms. The van der Waals surface area contributed by atoms with E-state index in [2.05, 4.69) is 40.6 Å². The van der Waals surface area contributed by atoms with Crippen molar-refractivity contribution in [2.24, 2.45) is 14.1 Å². The van der Waals surface area contributed by atoms with Crippen LogP contribution in [0.25, 0.3) is 10.9 Å². The van der Waals surface area contributed by atoms with Crippen molar-refractivity contribution in [2.45, 2.75) is 13.8 Å². The van der Waals surface area contributed by atoms with E-state index in [1.54, 1.807) is 0 Å². The normalized spacial score (nSPS) is 11.2. The number of hydrogen-bond donors (Lipinski definition) is 1. The molecule has 98 valence electrons. The van der Waals surface area contributed by atoms with E-state index >= 15 is 0 Å². The van der Waals surface area contributed by atoms with Crippen molar-refractivity contribution in [3.05, 3.63) is 35.8 Å². The average Bonchev–Trinajstić information content (AvgIpc) is 2.86. The average molecular weight is 255 g/mol. The van der Waals surface area contributed by atoms with E-state index in [-0.39, 0.29) is 0 Å². The highest BCUT2D eigenvalue weighted by Gasteiger charge is 2.10. The van der Waals surface area contributed by atoms with Crippen LogP contribution in [0, 0.1) is 13.8 Å². The van der Waals surface area contributed by atoms with Crippen molar-refractivity contribution in [1.29, 1.82) is 0 Å². The minimum atomic E-state index is 1.00. The number of benzene rings is 1. The Morgan fingerprint density at radius 3 is 2.58 bits per heavy atom. The summed E-state index contributed by atoms with van der Waals surface area (Å²) in [6.45, 7) is 4.07. The molecular weight excluding hydrogens is 238 g/mol. The molecular formula is C14H17N5. The van der Waals surface area contributed by atoms with Gasteiger partial charge in [0.25, 0.3) is 0 Å². The molecule has 1 N–H and O–H groups in total. The van der Waals surface area contributed by atoms with Crippen molar-refractivity contribution in [3.63, 3.8) is 0 Å². The third kappa shape index (κ3) is 1.87. The van der Waals surface area contributed by atoms with Crippen molar-refractivity contribution >= 4 is 22.3 Å². The summed E-state index contributed by atoms with van der Waals surface area (Å²) in [6.07, 6.45) is 1.87. The maximum atomic E-state index is 4.41. The largest absolute Gasteiger partial charge is 0.352 e. The lowest BCUT2D eigenvalue weighted by atomic mass is 10.2. The molecule has 0 atom stereocenters. The van der Waals surface area contributed by atoms with Crippen molar-refractivity contribution in [1.82, 2.24) is 19.6 Å². The fourth-order valence-electron chi connectivity index (χ4n) is 2.32. The lowest BCUT2D eigenvalue weighted by molar-refractivity contribution is 0.731. The molecule has 0 saturated heterocycles. The van der Waals surface area contributed by atoms with Crippen LogP contribution in [0.15, 0.2) is 24.4 Å². The molecule has 0 unspecified atom stereocenters. The topological polar surface area (TPSA) is 47.7 Å². The predicted octanol–water partition coefficient (Wildman–Crippen LogP) is 2.67. The molecule has 0 aliphatic heterocycles. The van der Waals surface area contributed by atoms with Crippen molar-refractivity contribution < 1.29 is 0 Å². The molecule has 0 aliphatic carbocycles. The zero-order valence-electron chi connectivity index (χ0n) is 11.6. The van der Waals surface area contributed by atoms with Gasteiger partial charge >= 0.3 is 0 Å². The zero-order chi connectivity index (χ0) is 13.6.